The minimum atomic E-state index is -0.523. The van der Waals surface area contributed by atoms with Gasteiger partial charge in [-0.25, -0.2) is 0 Å². The first-order valence-corrected chi connectivity index (χ1v) is 6.78. The van der Waals surface area contributed by atoms with Crippen LogP contribution in [-0.2, 0) is 0 Å². The first-order chi connectivity index (χ1) is 9.27. The lowest BCUT2D eigenvalue weighted by atomic mass is 9.98. The lowest BCUT2D eigenvalue weighted by Gasteiger charge is -2.24. The molecule has 0 spiro atoms. The third-order valence-electron chi connectivity index (χ3n) is 3.48. The van der Waals surface area contributed by atoms with E-state index in [1.165, 1.54) is 0 Å². The van der Waals surface area contributed by atoms with Crippen molar-refractivity contribution in [1.82, 2.24) is 0 Å². The first kappa shape index (κ1) is 16.0. The normalized spacial score (nSPS) is 12.2. The van der Waals surface area contributed by atoms with Crippen LogP contribution in [0.2, 0.25) is 0 Å². The second-order valence-electron chi connectivity index (χ2n) is 5.34. The SMILES string of the molecule is CCC(Nc1cc(C(N)=O)c(C)cc1C(N)=O)C(C)C. The van der Waals surface area contributed by atoms with E-state index in [9.17, 15) is 9.59 Å². The molecule has 0 bridgehead atoms. The number of rotatable bonds is 6. The summed E-state index contributed by atoms with van der Waals surface area (Å²) < 4.78 is 0. The summed E-state index contributed by atoms with van der Waals surface area (Å²) in [5, 5.41) is 3.29. The molecule has 0 aliphatic rings. The van der Waals surface area contributed by atoms with Crippen molar-refractivity contribution < 1.29 is 9.59 Å². The van der Waals surface area contributed by atoms with Gasteiger partial charge in [-0.1, -0.05) is 20.8 Å². The molecule has 2 amide bonds. The van der Waals surface area contributed by atoms with E-state index >= 15 is 0 Å². The highest BCUT2D eigenvalue weighted by Gasteiger charge is 2.18. The van der Waals surface area contributed by atoms with Gasteiger partial charge in [0.15, 0.2) is 0 Å². The Bertz CT molecular complexity index is 524. The highest BCUT2D eigenvalue weighted by molar-refractivity contribution is 6.02. The molecule has 1 unspecified atom stereocenters. The number of nitrogens with one attached hydrogen (secondary N) is 1. The van der Waals surface area contributed by atoms with Gasteiger partial charge in [0.2, 0.25) is 5.91 Å². The smallest absolute Gasteiger partial charge is 0.250 e. The van der Waals surface area contributed by atoms with Crippen molar-refractivity contribution in [2.45, 2.75) is 40.2 Å². The zero-order chi connectivity index (χ0) is 15.4. The Labute approximate surface area is 119 Å². The molecule has 110 valence electrons. The van der Waals surface area contributed by atoms with Crippen LogP contribution in [0.1, 0.15) is 53.5 Å². The van der Waals surface area contributed by atoms with E-state index in [0.29, 0.717) is 28.3 Å². The molecule has 5 heteroatoms. The van der Waals surface area contributed by atoms with Crippen LogP contribution < -0.4 is 16.8 Å². The van der Waals surface area contributed by atoms with E-state index in [1.807, 2.05) is 0 Å². The number of aryl methyl sites for hydroxylation is 1. The Morgan fingerprint density at radius 3 is 2.10 bits per heavy atom. The Hall–Kier alpha value is -2.04. The number of nitrogens with two attached hydrogens (primary N) is 2. The van der Waals surface area contributed by atoms with E-state index in [0.717, 1.165) is 6.42 Å². The number of anilines is 1. The summed E-state index contributed by atoms with van der Waals surface area (Å²) in [5.74, 6) is -0.650. The van der Waals surface area contributed by atoms with Gasteiger partial charge >= 0.3 is 0 Å². The van der Waals surface area contributed by atoms with E-state index < -0.39 is 11.8 Å². The maximum absolute atomic E-state index is 11.6. The average molecular weight is 277 g/mol. The molecule has 1 atom stereocenters. The van der Waals surface area contributed by atoms with Crippen molar-refractivity contribution in [1.29, 1.82) is 0 Å². The third kappa shape index (κ3) is 3.50. The summed E-state index contributed by atoms with van der Waals surface area (Å²) in [6.45, 7) is 7.98. The van der Waals surface area contributed by atoms with E-state index in [4.69, 9.17) is 11.5 Å². The Morgan fingerprint density at radius 2 is 1.70 bits per heavy atom. The number of hydrogen-bond acceptors (Lipinski definition) is 3. The molecule has 5 N–H and O–H groups in total. The van der Waals surface area contributed by atoms with E-state index in [-0.39, 0.29) is 6.04 Å². The maximum Gasteiger partial charge on any atom is 0.250 e. The summed E-state index contributed by atoms with van der Waals surface area (Å²) in [6.07, 6.45) is 0.898. The third-order valence-corrected chi connectivity index (χ3v) is 3.48. The maximum atomic E-state index is 11.6. The fourth-order valence-corrected chi connectivity index (χ4v) is 2.24. The summed E-state index contributed by atoms with van der Waals surface area (Å²) in [4.78, 5) is 23.0. The van der Waals surface area contributed by atoms with Crippen LogP contribution in [0.3, 0.4) is 0 Å². The van der Waals surface area contributed by atoms with Crippen molar-refractivity contribution in [2.75, 3.05) is 5.32 Å². The van der Waals surface area contributed by atoms with Crippen LogP contribution in [0.15, 0.2) is 12.1 Å². The minimum Gasteiger partial charge on any atom is -0.381 e. The molecule has 1 aromatic carbocycles. The van der Waals surface area contributed by atoms with E-state index in [1.54, 1.807) is 19.1 Å². The Kier molecular flexibility index (Phi) is 5.13. The fourth-order valence-electron chi connectivity index (χ4n) is 2.24. The van der Waals surface area contributed by atoms with Crippen molar-refractivity contribution in [3.8, 4) is 0 Å². The van der Waals surface area contributed by atoms with Crippen molar-refractivity contribution in [2.24, 2.45) is 17.4 Å². The number of carbonyl (C=O) groups excluding carboxylic acids is 2. The minimum absolute atomic E-state index is 0.191. The average Bonchev–Trinajstić information content (AvgIpc) is 2.35. The molecular weight excluding hydrogens is 254 g/mol. The standard InChI is InChI=1S/C15H23N3O2/c1-5-12(8(2)3)18-13-7-10(14(16)19)9(4)6-11(13)15(17)20/h6-8,12,18H,5H2,1-4H3,(H2,16,19)(H2,17,20). The van der Waals surface area contributed by atoms with Crippen LogP contribution in [-0.4, -0.2) is 17.9 Å². The summed E-state index contributed by atoms with van der Waals surface area (Å²) in [6, 6.07) is 3.41. The number of carbonyl (C=O) groups is 2. The Balaban J connectivity index is 3.30. The van der Waals surface area contributed by atoms with E-state index in [2.05, 4.69) is 26.1 Å². The number of hydrogen-bond donors (Lipinski definition) is 3. The predicted octanol–water partition coefficient (Wildman–Crippen LogP) is 2.04. The topological polar surface area (TPSA) is 98.2 Å². The van der Waals surface area contributed by atoms with Gasteiger partial charge in [-0.05, 0) is 37.0 Å². The molecule has 0 saturated carbocycles. The van der Waals surface area contributed by atoms with Crippen molar-refractivity contribution in [3.05, 3.63) is 28.8 Å². The van der Waals surface area contributed by atoms with Crippen molar-refractivity contribution in [3.63, 3.8) is 0 Å². The second-order valence-corrected chi connectivity index (χ2v) is 5.34. The number of benzene rings is 1. The molecule has 20 heavy (non-hydrogen) atoms. The van der Waals surface area contributed by atoms with Crippen LogP contribution in [0.4, 0.5) is 5.69 Å². The van der Waals surface area contributed by atoms with Crippen LogP contribution in [0, 0.1) is 12.8 Å². The number of amides is 2. The van der Waals surface area contributed by atoms with Gasteiger partial charge in [0.1, 0.15) is 0 Å². The van der Waals surface area contributed by atoms with Gasteiger partial charge in [0.25, 0.3) is 5.91 Å². The number of primary amides is 2. The molecule has 5 nitrogen and oxygen atoms in total. The Morgan fingerprint density at radius 1 is 1.15 bits per heavy atom. The van der Waals surface area contributed by atoms with Gasteiger partial charge in [0.05, 0.1) is 5.56 Å². The molecule has 0 fully saturated rings. The molecule has 0 aromatic heterocycles. The quantitative estimate of drug-likeness (QED) is 0.742. The fraction of sp³-hybridized carbons (Fsp3) is 0.467. The predicted molar refractivity (Wildman–Crippen MR) is 80.8 cm³/mol. The van der Waals surface area contributed by atoms with Gasteiger partial charge in [0, 0.05) is 17.3 Å². The second kappa shape index (κ2) is 6.41. The van der Waals surface area contributed by atoms with Crippen LogP contribution >= 0.6 is 0 Å². The van der Waals surface area contributed by atoms with Gasteiger partial charge in [-0.15, -0.1) is 0 Å². The lowest BCUT2D eigenvalue weighted by molar-refractivity contribution is 0.0988. The molecule has 0 heterocycles. The van der Waals surface area contributed by atoms with Gasteiger partial charge in [-0.3, -0.25) is 9.59 Å². The molecule has 0 saturated heterocycles. The van der Waals surface area contributed by atoms with Crippen molar-refractivity contribution >= 4 is 17.5 Å². The summed E-state index contributed by atoms with van der Waals surface area (Å²) in [5.41, 5.74) is 12.8. The summed E-state index contributed by atoms with van der Waals surface area (Å²) >= 11 is 0. The molecule has 1 aromatic rings. The molecule has 0 aliphatic heterocycles. The van der Waals surface area contributed by atoms with Crippen LogP contribution in [0.25, 0.3) is 0 Å². The molecule has 0 radical (unpaired) electrons. The highest BCUT2D eigenvalue weighted by Crippen LogP contribution is 2.24. The van der Waals surface area contributed by atoms with Gasteiger partial charge < -0.3 is 16.8 Å². The molecular formula is C15H23N3O2. The zero-order valence-corrected chi connectivity index (χ0v) is 12.5. The largest absolute Gasteiger partial charge is 0.381 e. The summed E-state index contributed by atoms with van der Waals surface area (Å²) in [7, 11) is 0. The first-order valence-electron chi connectivity index (χ1n) is 6.78. The molecule has 1 rings (SSSR count). The molecule has 0 aliphatic carbocycles. The monoisotopic (exact) mass is 277 g/mol. The highest BCUT2D eigenvalue weighted by atomic mass is 16.1. The van der Waals surface area contributed by atoms with Crippen LogP contribution in [0.5, 0.6) is 0 Å². The zero-order valence-electron chi connectivity index (χ0n) is 12.5. The van der Waals surface area contributed by atoms with Gasteiger partial charge in [-0.2, -0.15) is 0 Å². The lowest BCUT2D eigenvalue weighted by Crippen LogP contribution is -2.27.